The quantitative estimate of drug-likeness (QED) is 0.185. The maximum Gasteiger partial charge on any atom is 0.314 e. The van der Waals surface area contributed by atoms with E-state index in [9.17, 15) is 15.0 Å². The number of aliphatic hydroxyl groups is 2. The Bertz CT molecular complexity index is 1220. The molecule has 4 atom stereocenters. The van der Waals surface area contributed by atoms with E-state index in [2.05, 4.69) is 36.4 Å². The minimum Gasteiger partial charge on any atom is -0.460 e. The van der Waals surface area contributed by atoms with Gasteiger partial charge in [0.1, 0.15) is 12.0 Å². The SMILES string of the molecule is O=C1OC(CO[Si](c2ccccc2)(c2ccccc2)c2ccccc2)CC(O)C1C(O)CCc1ccccc1. The van der Waals surface area contributed by atoms with Crippen LogP contribution in [0.5, 0.6) is 0 Å². The first kappa shape index (κ1) is 27.0. The highest BCUT2D eigenvalue weighted by molar-refractivity contribution is 7.07. The number of aliphatic hydroxyl groups excluding tert-OH is 2. The molecule has 2 N–H and O–H groups in total. The monoisotopic (exact) mass is 538 g/mol. The van der Waals surface area contributed by atoms with E-state index in [1.165, 1.54) is 0 Å². The van der Waals surface area contributed by atoms with E-state index in [1.54, 1.807) is 0 Å². The summed E-state index contributed by atoms with van der Waals surface area (Å²) in [7, 11) is -2.96. The second-order valence-corrected chi connectivity index (χ2v) is 13.5. The summed E-state index contributed by atoms with van der Waals surface area (Å²) in [6.07, 6.45) is -1.42. The fourth-order valence-electron chi connectivity index (χ4n) is 5.50. The highest BCUT2D eigenvalue weighted by atomic mass is 28.4. The summed E-state index contributed by atoms with van der Waals surface area (Å²) in [6.45, 7) is 0.139. The molecule has 5 nitrogen and oxygen atoms in total. The predicted molar refractivity (Wildman–Crippen MR) is 155 cm³/mol. The Balaban J connectivity index is 1.35. The number of esters is 1. The van der Waals surface area contributed by atoms with Gasteiger partial charge in [-0.25, -0.2) is 0 Å². The molecule has 4 unspecified atom stereocenters. The number of ether oxygens (including phenoxy) is 1. The van der Waals surface area contributed by atoms with Gasteiger partial charge in [-0.2, -0.15) is 0 Å². The summed E-state index contributed by atoms with van der Waals surface area (Å²) < 4.78 is 12.7. The van der Waals surface area contributed by atoms with Crippen LogP contribution >= 0.6 is 0 Å². The van der Waals surface area contributed by atoms with E-state index in [0.717, 1.165) is 21.1 Å². The number of carbonyl (C=O) groups excluding carboxylic acids is 1. The molecule has 0 radical (unpaired) electrons. The third-order valence-corrected chi connectivity index (χ3v) is 11.5. The van der Waals surface area contributed by atoms with Crippen LogP contribution in [0.15, 0.2) is 121 Å². The average molecular weight is 539 g/mol. The van der Waals surface area contributed by atoms with Crippen LogP contribution in [0, 0.1) is 5.92 Å². The molecular weight excluding hydrogens is 504 g/mol. The van der Waals surface area contributed by atoms with E-state index in [4.69, 9.17) is 9.16 Å². The molecule has 39 heavy (non-hydrogen) atoms. The predicted octanol–water partition coefficient (Wildman–Crippen LogP) is 2.96. The maximum atomic E-state index is 13.0. The van der Waals surface area contributed by atoms with Gasteiger partial charge in [-0.3, -0.25) is 4.79 Å². The number of benzene rings is 4. The molecule has 0 saturated carbocycles. The van der Waals surface area contributed by atoms with Crippen LogP contribution < -0.4 is 15.6 Å². The standard InChI is InChI=1S/C33H34O5Si/c34-30(22-21-25-13-5-1-6-14-25)32-31(35)23-26(38-33(32)36)24-37-39(27-15-7-2-8-16-27,28-17-9-3-10-18-28)29-19-11-4-12-20-29/h1-20,26,30-32,34-35H,21-24H2. The van der Waals surface area contributed by atoms with Crippen LogP contribution in [0.2, 0.25) is 0 Å². The largest absolute Gasteiger partial charge is 0.460 e. The Hall–Kier alpha value is -3.55. The molecule has 0 aromatic heterocycles. The molecule has 1 saturated heterocycles. The summed E-state index contributed by atoms with van der Waals surface area (Å²) >= 11 is 0. The van der Waals surface area contributed by atoms with Crippen LogP contribution in [-0.2, 0) is 20.4 Å². The van der Waals surface area contributed by atoms with Crippen molar-refractivity contribution in [3.05, 3.63) is 127 Å². The molecule has 5 rings (SSSR count). The lowest BCUT2D eigenvalue weighted by molar-refractivity contribution is -0.180. The summed E-state index contributed by atoms with van der Waals surface area (Å²) in [4.78, 5) is 13.0. The number of rotatable bonds is 10. The molecule has 200 valence electrons. The lowest BCUT2D eigenvalue weighted by Gasteiger charge is -2.38. The zero-order valence-electron chi connectivity index (χ0n) is 21.8. The Kier molecular flexibility index (Phi) is 8.69. The van der Waals surface area contributed by atoms with Crippen LogP contribution in [0.4, 0.5) is 0 Å². The van der Waals surface area contributed by atoms with E-state index in [0.29, 0.717) is 12.8 Å². The van der Waals surface area contributed by atoms with Gasteiger partial charge < -0.3 is 19.4 Å². The molecule has 1 fully saturated rings. The van der Waals surface area contributed by atoms with Crippen LogP contribution in [-0.4, -0.2) is 49.4 Å². The smallest absolute Gasteiger partial charge is 0.314 e. The number of aryl methyl sites for hydroxylation is 1. The topological polar surface area (TPSA) is 76.0 Å². The molecule has 0 spiro atoms. The van der Waals surface area contributed by atoms with Crippen molar-refractivity contribution in [1.29, 1.82) is 0 Å². The van der Waals surface area contributed by atoms with E-state index in [1.807, 2.05) is 84.9 Å². The molecule has 0 amide bonds. The van der Waals surface area contributed by atoms with Crippen LogP contribution in [0.1, 0.15) is 18.4 Å². The Morgan fingerprint density at radius 3 is 1.69 bits per heavy atom. The van der Waals surface area contributed by atoms with Gasteiger partial charge in [-0.1, -0.05) is 121 Å². The van der Waals surface area contributed by atoms with E-state index < -0.39 is 38.5 Å². The van der Waals surface area contributed by atoms with Crippen molar-refractivity contribution in [1.82, 2.24) is 0 Å². The summed E-state index contributed by atoms with van der Waals surface area (Å²) in [5.74, 6) is -1.54. The van der Waals surface area contributed by atoms with Gasteiger partial charge in [0.15, 0.2) is 0 Å². The Morgan fingerprint density at radius 1 is 0.769 bits per heavy atom. The fraction of sp³-hybridized carbons (Fsp3) is 0.242. The number of cyclic esters (lactones) is 1. The van der Waals surface area contributed by atoms with Gasteiger partial charge >= 0.3 is 5.97 Å². The Labute approximate surface area is 230 Å². The molecule has 1 heterocycles. The van der Waals surface area contributed by atoms with Crippen LogP contribution in [0.25, 0.3) is 0 Å². The van der Waals surface area contributed by atoms with Gasteiger partial charge in [-0.15, -0.1) is 0 Å². The molecular formula is C33H34O5Si. The molecule has 0 bridgehead atoms. The third kappa shape index (κ3) is 6.05. The number of hydrogen-bond acceptors (Lipinski definition) is 5. The van der Waals surface area contributed by atoms with Crippen molar-refractivity contribution >= 4 is 29.8 Å². The number of carbonyl (C=O) groups is 1. The lowest BCUT2D eigenvalue weighted by atomic mass is 9.87. The average Bonchev–Trinajstić information content (AvgIpc) is 2.98. The molecule has 6 heteroatoms. The molecule has 0 aliphatic carbocycles. The van der Waals surface area contributed by atoms with Gasteiger partial charge in [0.05, 0.1) is 18.8 Å². The summed E-state index contributed by atoms with van der Waals surface area (Å²) in [5, 5.41) is 25.0. The fourth-order valence-corrected chi connectivity index (χ4v) is 9.43. The van der Waals surface area contributed by atoms with Crippen molar-refractivity contribution in [2.24, 2.45) is 5.92 Å². The van der Waals surface area contributed by atoms with Crippen molar-refractivity contribution in [3.8, 4) is 0 Å². The maximum absolute atomic E-state index is 13.0. The van der Waals surface area contributed by atoms with Crippen molar-refractivity contribution in [2.75, 3.05) is 6.61 Å². The minimum absolute atomic E-state index is 0.139. The lowest BCUT2D eigenvalue weighted by Crippen LogP contribution is -2.70. The summed E-state index contributed by atoms with van der Waals surface area (Å²) in [5.41, 5.74) is 1.07. The van der Waals surface area contributed by atoms with Gasteiger partial charge in [0.25, 0.3) is 8.32 Å². The number of hydrogen-bond donors (Lipinski definition) is 2. The van der Waals surface area contributed by atoms with E-state index >= 15 is 0 Å². The normalized spacial score (nSPS) is 20.3. The molecule has 4 aromatic rings. The highest BCUT2D eigenvalue weighted by Gasteiger charge is 2.45. The van der Waals surface area contributed by atoms with E-state index in [-0.39, 0.29) is 13.0 Å². The minimum atomic E-state index is -2.96. The van der Waals surface area contributed by atoms with Gasteiger partial charge in [0, 0.05) is 6.42 Å². The third-order valence-electron chi connectivity index (χ3n) is 7.49. The Morgan fingerprint density at radius 2 is 1.23 bits per heavy atom. The second kappa shape index (κ2) is 12.5. The highest BCUT2D eigenvalue weighted by Crippen LogP contribution is 2.27. The first-order valence-corrected chi connectivity index (χ1v) is 15.4. The van der Waals surface area contributed by atoms with Crippen molar-refractivity contribution in [2.45, 2.75) is 37.6 Å². The summed E-state index contributed by atoms with van der Waals surface area (Å²) in [6, 6.07) is 40.4. The van der Waals surface area contributed by atoms with Crippen molar-refractivity contribution < 1.29 is 24.2 Å². The van der Waals surface area contributed by atoms with Crippen molar-refractivity contribution in [3.63, 3.8) is 0 Å². The second-order valence-electron chi connectivity index (χ2n) is 10.1. The zero-order chi connectivity index (χ0) is 27.1. The first-order valence-electron chi connectivity index (χ1n) is 13.5. The zero-order valence-corrected chi connectivity index (χ0v) is 22.8. The van der Waals surface area contributed by atoms with Crippen LogP contribution in [0.3, 0.4) is 0 Å². The molecule has 1 aliphatic rings. The molecule has 4 aromatic carbocycles. The first-order chi connectivity index (χ1) is 19.1. The van der Waals surface area contributed by atoms with Gasteiger partial charge in [0.2, 0.25) is 0 Å². The molecule has 1 aliphatic heterocycles. The van der Waals surface area contributed by atoms with Gasteiger partial charge in [-0.05, 0) is 34.0 Å².